The molecule has 0 aliphatic carbocycles. The van der Waals surface area contributed by atoms with Gasteiger partial charge in [-0.3, -0.25) is 14.4 Å². The summed E-state index contributed by atoms with van der Waals surface area (Å²) in [7, 11) is 0. The van der Waals surface area contributed by atoms with Crippen LogP contribution in [-0.2, 0) is 23.8 Å². The van der Waals surface area contributed by atoms with Crippen molar-refractivity contribution in [2.45, 2.75) is 24.0 Å². The molecule has 1 aromatic heterocycles. The average Bonchev–Trinajstić information content (AvgIpc) is 3.24. The lowest BCUT2D eigenvalue weighted by molar-refractivity contribution is -0.160. The van der Waals surface area contributed by atoms with Crippen LogP contribution in [0.4, 0.5) is 15.2 Å². The molecule has 0 amide bonds. The fourth-order valence-electron chi connectivity index (χ4n) is 2.42. The van der Waals surface area contributed by atoms with Crippen molar-refractivity contribution < 1.29 is 28.2 Å². The molecule has 1 saturated heterocycles. The quantitative estimate of drug-likeness (QED) is 0.470. The highest BCUT2D eigenvalue weighted by Crippen LogP contribution is 2.33. The van der Waals surface area contributed by atoms with Crippen molar-refractivity contribution in [3.05, 3.63) is 32.6 Å². The Balaban J connectivity index is 1.60. The van der Waals surface area contributed by atoms with Gasteiger partial charge in [0, 0.05) is 11.8 Å². The summed E-state index contributed by atoms with van der Waals surface area (Å²) in [6, 6.07) is 2.50. The molecule has 3 rings (SSSR count). The lowest BCUT2D eigenvalue weighted by atomic mass is 10.2. The minimum Gasteiger partial charge on any atom is -0.456 e. The van der Waals surface area contributed by atoms with E-state index in [9.17, 15) is 18.8 Å². The van der Waals surface area contributed by atoms with Crippen molar-refractivity contribution in [2.24, 2.45) is 0 Å². The lowest BCUT2D eigenvalue weighted by Crippen LogP contribution is -2.33. The number of thioether (sulfide) groups is 1. The summed E-state index contributed by atoms with van der Waals surface area (Å²) in [6.07, 6.45) is -1.33. The first-order valence-electron chi connectivity index (χ1n) is 8.20. The SMILES string of the molecule is CC(=O)OC1COCC1OC(=O)CSc1cc(Nc2n[nH]c(=O)s2)c(F)cc1Cl. The van der Waals surface area contributed by atoms with Crippen molar-refractivity contribution >= 4 is 57.5 Å². The van der Waals surface area contributed by atoms with Gasteiger partial charge in [0.2, 0.25) is 5.13 Å². The van der Waals surface area contributed by atoms with Gasteiger partial charge in [-0.1, -0.05) is 11.6 Å². The molecule has 1 fully saturated rings. The molecule has 2 aromatic rings. The minimum absolute atomic E-state index is 0.0483. The largest absolute Gasteiger partial charge is 0.456 e. The average molecular weight is 464 g/mol. The predicted octanol–water partition coefficient (Wildman–Crippen LogP) is 2.33. The Morgan fingerprint density at radius 2 is 2.14 bits per heavy atom. The Morgan fingerprint density at radius 1 is 1.41 bits per heavy atom. The summed E-state index contributed by atoms with van der Waals surface area (Å²) in [6.45, 7) is 1.55. The van der Waals surface area contributed by atoms with Crippen molar-refractivity contribution in [1.29, 1.82) is 0 Å². The molecule has 9 nitrogen and oxygen atoms in total. The molecule has 1 aliphatic rings. The number of carbonyl (C=O) groups is 2. The number of nitrogens with zero attached hydrogens (tertiary/aromatic N) is 1. The van der Waals surface area contributed by atoms with Gasteiger partial charge < -0.3 is 19.5 Å². The van der Waals surface area contributed by atoms with E-state index in [0.717, 1.165) is 29.2 Å². The van der Waals surface area contributed by atoms with Crippen LogP contribution in [0.25, 0.3) is 0 Å². The number of carbonyl (C=O) groups excluding carboxylic acids is 2. The molecule has 2 unspecified atom stereocenters. The summed E-state index contributed by atoms with van der Waals surface area (Å²) in [5.74, 6) is -1.81. The Hall–Kier alpha value is -2.15. The molecule has 0 bridgehead atoms. The van der Waals surface area contributed by atoms with E-state index in [2.05, 4.69) is 15.5 Å². The number of aromatic amines is 1. The second kappa shape index (κ2) is 9.57. The maximum absolute atomic E-state index is 14.1. The van der Waals surface area contributed by atoms with Crippen molar-refractivity contribution in [3.63, 3.8) is 0 Å². The number of nitrogens with one attached hydrogen (secondary N) is 2. The number of anilines is 2. The summed E-state index contributed by atoms with van der Waals surface area (Å²) in [5, 5.41) is 8.90. The van der Waals surface area contributed by atoms with E-state index in [1.165, 1.54) is 13.0 Å². The van der Waals surface area contributed by atoms with Crippen LogP contribution < -0.4 is 10.2 Å². The summed E-state index contributed by atoms with van der Waals surface area (Å²) in [4.78, 5) is 34.4. The van der Waals surface area contributed by atoms with Crippen LogP contribution >= 0.6 is 34.7 Å². The molecule has 0 spiro atoms. The van der Waals surface area contributed by atoms with Gasteiger partial charge in [0.25, 0.3) is 0 Å². The minimum atomic E-state index is -0.685. The number of hydrogen-bond acceptors (Lipinski definition) is 10. The Labute approximate surface area is 176 Å². The molecule has 0 radical (unpaired) electrons. The number of ether oxygens (including phenoxy) is 3. The van der Waals surface area contributed by atoms with Crippen molar-refractivity contribution in [3.8, 4) is 0 Å². The molecular formula is C16H15ClFN3O6S2. The predicted molar refractivity (Wildman–Crippen MR) is 104 cm³/mol. The van der Waals surface area contributed by atoms with Crippen LogP contribution in [0.2, 0.25) is 5.02 Å². The molecule has 1 aromatic carbocycles. The van der Waals surface area contributed by atoms with Gasteiger partial charge in [0.15, 0.2) is 12.2 Å². The van der Waals surface area contributed by atoms with Gasteiger partial charge in [-0.05, 0) is 23.5 Å². The topological polar surface area (TPSA) is 120 Å². The first-order chi connectivity index (χ1) is 13.8. The smallest absolute Gasteiger partial charge is 0.324 e. The third kappa shape index (κ3) is 5.92. The van der Waals surface area contributed by atoms with E-state index in [4.69, 9.17) is 25.8 Å². The standard InChI is InChI=1S/C16H15ClFN3O6S2/c1-7(22)26-11-4-25-5-12(11)27-14(23)6-28-13-3-10(9(18)2-8(13)17)19-15-20-21-16(24)29-15/h2-3,11-12H,4-6H2,1H3,(H,19,20)(H,21,24). The van der Waals surface area contributed by atoms with Crippen LogP contribution in [0.1, 0.15) is 6.92 Å². The molecule has 2 atom stereocenters. The van der Waals surface area contributed by atoms with Crippen LogP contribution in [0, 0.1) is 5.82 Å². The second-order valence-corrected chi connectivity index (χ2v) is 8.19. The zero-order valence-electron chi connectivity index (χ0n) is 14.9. The number of H-pyrrole nitrogens is 1. The van der Waals surface area contributed by atoms with Gasteiger partial charge in [-0.25, -0.2) is 9.49 Å². The zero-order valence-corrected chi connectivity index (χ0v) is 17.3. The number of rotatable bonds is 7. The number of esters is 2. The molecule has 156 valence electrons. The molecule has 2 heterocycles. The van der Waals surface area contributed by atoms with E-state index in [1.807, 2.05) is 0 Å². The number of halogens is 2. The Morgan fingerprint density at radius 3 is 2.79 bits per heavy atom. The van der Waals surface area contributed by atoms with Crippen LogP contribution in [0.3, 0.4) is 0 Å². The van der Waals surface area contributed by atoms with Gasteiger partial charge in [-0.2, -0.15) is 0 Å². The first-order valence-corrected chi connectivity index (χ1v) is 10.4. The van der Waals surface area contributed by atoms with Gasteiger partial charge in [0.1, 0.15) is 5.82 Å². The highest BCUT2D eigenvalue weighted by Gasteiger charge is 2.34. The number of aromatic nitrogens is 2. The van der Waals surface area contributed by atoms with E-state index in [0.29, 0.717) is 4.90 Å². The normalized spacial score (nSPS) is 18.4. The molecule has 2 N–H and O–H groups in total. The van der Waals surface area contributed by atoms with Gasteiger partial charge in [-0.15, -0.1) is 16.9 Å². The molecule has 13 heteroatoms. The second-order valence-electron chi connectivity index (χ2n) is 5.81. The Kier molecular flexibility index (Phi) is 7.11. The van der Waals surface area contributed by atoms with Crippen molar-refractivity contribution in [2.75, 3.05) is 24.3 Å². The first kappa shape index (κ1) is 21.6. The van der Waals surface area contributed by atoms with E-state index < -0.39 is 30.0 Å². The molecule has 29 heavy (non-hydrogen) atoms. The third-order valence-corrected chi connectivity index (χ3v) is 5.74. The number of benzene rings is 1. The van der Waals surface area contributed by atoms with Crippen LogP contribution in [-0.4, -0.2) is 53.3 Å². The fourth-order valence-corrected chi connectivity index (χ4v) is 3.99. The molecule has 0 saturated carbocycles. The van der Waals surface area contributed by atoms with Crippen molar-refractivity contribution in [1.82, 2.24) is 10.2 Å². The summed E-state index contributed by atoms with van der Waals surface area (Å²) >= 11 is 7.88. The van der Waals surface area contributed by atoms with Crippen LogP contribution in [0.15, 0.2) is 21.8 Å². The monoisotopic (exact) mass is 463 g/mol. The van der Waals surface area contributed by atoms with E-state index >= 15 is 0 Å². The van der Waals surface area contributed by atoms with E-state index in [1.54, 1.807) is 0 Å². The Bertz CT molecular complexity index is 968. The summed E-state index contributed by atoms with van der Waals surface area (Å²) < 4.78 is 29.6. The van der Waals surface area contributed by atoms with Crippen LogP contribution in [0.5, 0.6) is 0 Å². The fraction of sp³-hybridized carbons (Fsp3) is 0.375. The summed E-state index contributed by atoms with van der Waals surface area (Å²) in [5.41, 5.74) is 0.0483. The van der Waals surface area contributed by atoms with Gasteiger partial charge >= 0.3 is 16.8 Å². The number of hydrogen-bond donors (Lipinski definition) is 2. The highest BCUT2D eigenvalue weighted by atomic mass is 35.5. The molecule has 1 aliphatic heterocycles. The van der Waals surface area contributed by atoms with Gasteiger partial charge in [0.05, 0.1) is 29.7 Å². The molecular weight excluding hydrogens is 449 g/mol. The third-order valence-electron chi connectivity index (χ3n) is 3.63. The lowest BCUT2D eigenvalue weighted by Gasteiger charge is -2.18. The zero-order chi connectivity index (χ0) is 21.0. The van der Waals surface area contributed by atoms with E-state index in [-0.39, 0.29) is 39.7 Å². The maximum atomic E-state index is 14.1. The highest BCUT2D eigenvalue weighted by molar-refractivity contribution is 8.00. The maximum Gasteiger partial charge on any atom is 0.324 e.